The highest BCUT2D eigenvalue weighted by Gasteiger charge is 2.24. The van der Waals surface area contributed by atoms with Gasteiger partial charge in [-0.25, -0.2) is 0 Å². The van der Waals surface area contributed by atoms with Crippen LogP contribution in [-0.2, 0) is 4.84 Å². The van der Waals surface area contributed by atoms with Gasteiger partial charge < -0.3 is 9.94 Å². The summed E-state index contributed by atoms with van der Waals surface area (Å²) in [5.41, 5.74) is -0.455. The second-order valence-electron chi connectivity index (χ2n) is 2.74. The minimum absolute atomic E-state index is 0.207. The van der Waals surface area contributed by atoms with Gasteiger partial charge in [0.05, 0.1) is 0 Å². The van der Waals surface area contributed by atoms with Crippen molar-refractivity contribution in [2.45, 2.75) is 12.5 Å². The quantitative estimate of drug-likeness (QED) is 0.408. The third-order valence-corrected chi connectivity index (χ3v) is 1.63. The molecular weight excluding hydrogens is 182 g/mol. The van der Waals surface area contributed by atoms with Crippen molar-refractivity contribution in [2.75, 3.05) is 19.7 Å². The molecule has 1 unspecified atom stereocenters. The topological polar surface area (TPSA) is 57.4 Å². The maximum atomic E-state index is 8.67. The summed E-state index contributed by atoms with van der Waals surface area (Å²) in [6, 6.07) is 0. The monoisotopic (exact) mass is 193 g/mol. The third kappa shape index (κ3) is 2.83. The first-order valence-electron chi connectivity index (χ1n) is 3.79. The average Bonchev–Trinajstić information content (AvgIpc) is 1.93. The van der Waals surface area contributed by atoms with Gasteiger partial charge in [0.15, 0.2) is 5.56 Å². The summed E-state index contributed by atoms with van der Waals surface area (Å²) in [4.78, 5) is 4.64. The molecule has 1 saturated heterocycles. The molecule has 0 amide bonds. The first-order chi connectivity index (χ1) is 5.72. The van der Waals surface area contributed by atoms with Crippen molar-refractivity contribution in [3.8, 4) is 0 Å². The van der Waals surface area contributed by atoms with Gasteiger partial charge in [-0.05, 0) is 12.1 Å². The van der Waals surface area contributed by atoms with Crippen LogP contribution < -0.4 is 0 Å². The van der Waals surface area contributed by atoms with Gasteiger partial charge in [0, 0.05) is 30.9 Å². The van der Waals surface area contributed by atoms with Crippen molar-refractivity contribution in [1.29, 1.82) is 0 Å². The largest absolute Gasteiger partial charge is 0.396 e. The van der Waals surface area contributed by atoms with Gasteiger partial charge in [-0.3, -0.25) is 5.01 Å². The van der Waals surface area contributed by atoms with Crippen molar-refractivity contribution in [3.63, 3.8) is 0 Å². The molecule has 1 aliphatic heterocycles. The molecule has 6 heteroatoms. The van der Waals surface area contributed by atoms with Crippen molar-refractivity contribution in [3.05, 3.63) is 0 Å². The molecule has 0 radical (unpaired) electrons. The summed E-state index contributed by atoms with van der Waals surface area (Å²) >= 11 is 5.44. The number of alkyl halides is 1. The SMILES string of the molecule is CC(Cl)ON=NN1CC(CO)C1. The molecule has 0 aromatic rings. The Morgan fingerprint density at radius 1 is 1.75 bits per heavy atom. The van der Waals surface area contributed by atoms with E-state index in [0.717, 1.165) is 13.1 Å². The summed E-state index contributed by atoms with van der Waals surface area (Å²) in [7, 11) is 0. The van der Waals surface area contributed by atoms with Gasteiger partial charge in [0.25, 0.3) is 0 Å². The lowest BCUT2D eigenvalue weighted by Gasteiger charge is -2.33. The highest BCUT2D eigenvalue weighted by molar-refractivity contribution is 6.19. The highest BCUT2D eigenvalue weighted by atomic mass is 35.5. The number of halogens is 1. The Hall–Kier alpha value is -0.550. The van der Waals surface area contributed by atoms with E-state index in [-0.39, 0.29) is 6.61 Å². The van der Waals surface area contributed by atoms with Crippen LogP contribution in [-0.4, -0.2) is 35.4 Å². The van der Waals surface area contributed by atoms with E-state index in [2.05, 4.69) is 15.3 Å². The molecule has 1 atom stereocenters. The lowest BCUT2D eigenvalue weighted by atomic mass is 10.0. The molecule has 1 aliphatic rings. The van der Waals surface area contributed by atoms with Crippen LogP contribution in [0.15, 0.2) is 10.5 Å². The molecule has 1 rings (SSSR count). The Morgan fingerprint density at radius 2 is 2.42 bits per heavy atom. The van der Waals surface area contributed by atoms with Crippen molar-refractivity contribution >= 4 is 11.6 Å². The smallest absolute Gasteiger partial charge is 0.199 e. The minimum Gasteiger partial charge on any atom is -0.396 e. The Balaban J connectivity index is 2.06. The van der Waals surface area contributed by atoms with E-state index >= 15 is 0 Å². The van der Waals surface area contributed by atoms with E-state index in [1.165, 1.54) is 0 Å². The Kier molecular flexibility index (Phi) is 3.55. The van der Waals surface area contributed by atoms with E-state index in [0.29, 0.717) is 5.92 Å². The fourth-order valence-corrected chi connectivity index (χ4v) is 0.904. The molecule has 1 N–H and O–H groups in total. The summed E-state index contributed by atoms with van der Waals surface area (Å²) in [5.74, 6) is 0.331. The first-order valence-corrected chi connectivity index (χ1v) is 4.22. The number of hydrogen-bond donors (Lipinski definition) is 1. The number of rotatable bonds is 4. The van der Waals surface area contributed by atoms with Crippen LogP contribution in [0, 0.1) is 5.92 Å². The number of aliphatic hydroxyl groups excluding tert-OH is 1. The summed E-state index contributed by atoms with van der Waals surface area (Å²) < 4.78 is 0. The maximum absolute atomic E-state index is 8.67. The molecule has 70 valence electrons. The zero-order valence-corrected chi connectivity index (χ0v) is 7.61. The molecular formula is C6H12ClN3O2. The van der Waals surface area contributed by atoms with Crippen molar-refractivity contribution < 1.29 is 9.94 Å². The predicted molar refractivity (Wildman–Crippen MR) is 43.4 cm³/mol. The molecule has 0 aromatic carbocycles. The Labute approximate surface area is 75.9 Å². The molecule has 12 heavy (non-hydrogen) atoms. The maximum Gasteiger partial charge on any atom is 0.199 e. The Morgan fingerprint density at radius 3 is 2.92 bits per heavy atom. The molecule has 1 heterocycles. The molecule has 5 nitrogen and oxygen atoms in total. The van der Waals surface area contributed by atoms with Crippen LogP contribution in [0.1, 0.15) is 6.92 Å². The first kappa shape index (κ1) is 9.54. The molecule has 0 bridgehead atoms. The van der Waals surface area contributed by atoms with Crippen molar-refractivity contribution in [1.82, 2.24) is 5.01 Å². The predicted octanol–water partition coefficient (Wildman–Crippen LogP) is 0.794. The lowest BCUT2D eigenvalue weighted by molar-refractivity contribution is 0.0161. The van der Waals surface area contributed by atoms with Crippen LogP contribution in [0.3, 0.4) is 0 Å². The van der Waals surface area contributed by atoms with Crippen LogP contribution in [0.2, 0.25) is 0 Å². The number of aliphatic hydroxyl groups is 1. The highest BCUT2D eigenvalue weighted by Crippen LogP contribution is 2.14. The van der Waals surface area contributed by atoms with E-state index in [9.17, 15) is 0 Å². The average molecular weight is 194 g/mol. The minimum atomic E-state index is -0.455. The van der Waals surface area contributed by atoms with Crippen LogP contribution in [0.5, 0.6) is 0 Å². The second-order valence-corrected chi connectivity index (χ2v) is 3.35. The second kappa shape index (κ2) is 4.47. The molecule has 0 saturated carbocycles. The fourth-order valence-electron chi connectivity index (χ4n) is 0.869. The van der Waals surface area contributed by atoms with E-state index in [4.69, 9.17) is 16.7 Å². The number of nitrogens with zero attached hydrogens (tertiary/aromatic N) is 3. The van der Waals surface area contributed by atoms with Gasteiger partial charge in [0.1, 0.15) is 0 Å². The summed E-state index contributed by atoms with van der Waals surface area (Å²) in [5, 5.41) is 17.5. The molecule has 0 spiro atoms. The van der Waals surface area contributed by atoms with Gasteiger partial charge in [-0.15, -0.1) is 0 Å². The third-order valence-electron chi connectivity index (χ3n) is 1.55. The van der Waals surface area contributed by atoms with Gasteiger partial charge in [-0.1, -0.05) is 11.6 Å². The van der Waals surface area contributed by atoms with Crippen LogP contribution >= 0.6 is 11.6 Å². The zero-order chi connectivity index (χ0) is 8.97. The molecule has 0 aromatic heterocycles. The normalized spacial score (nSPS) is 21.1. The van der Waals surface area contributed by atoms with Crippen LogP contribution in [0.4, 0.5) is 0 Å². The summed E-state index contributed by atoms with van der Waals surface area (Å²) in [6.45, 7) is 3.34. The Bertz CT molecular complexity index is 159. The lowest BCUT2D eigenvalue weighted by Crippen LogP contribution is -2.44. The fraction of sp³-hybridized carbons (Fsp3) is 1.00. The van der Waals surface area contributed by atoms with E-state index in [1.54, 1.807) is 11.9 Å². The van der Waals surface area contributed by atoms with Gasteiger partial charge in [-0.2, -0.15) is 0 Å². The van der Waals surface area contributed by atoms with Crippen molar-refractivity contribution in [2.24, 2.45) is 16.4 Å². The van der Waals surface area contributed by atoms with E-state index < -0.39 is 5.56 Å². The zero-order valence-electron chi connectivity index (χ0n) is 6.85. The van der Waals surface area contributed by atoms with Crippen LogP contribution in [0.25, 0.3) is 0 Å². The summed E-state index contributed by atoms with van der Waals surface area (Å²) in [6.07, 6.45) is 0. The molecule has 1 fully saturated rings. The standard InChI is InChI=1S/C6H12ClN3O2/c1-5(7)12-9-8-10-2-6(3-10)4-11/h5-6,11H,2-4H2,1H3. The number of hydrogen-bond acceptors (Lipinski definition) is 4. The van der Waals surface area contributed by atoms with E-state index in [1.807, 2.05) is 0 Å². The molecule has 0 aliphatic carbocycles. The van der Waals surface area contributed by atoms with Gasteiger partial charge in [0.2, 0.25) is 0 Å². The van der Waals surface area contributed by atoms with Gasteiger partial charge >= 0.3 is 0 Å².